The number of amides is 1. The van der Waals surface area contributed by atoms with Crippen molar-refractivity contribution in [3.05, 3.63) is 112 Å². The normalized spacial score (nSPS) is 11.3. The minimum Gasteiger partial charge on any atom is -0.310 e. The van der Waals surface area contributed by atoms with E-state index in [0.29, 0.717) is 17.1 Å². The van der Waals surface area contributed by atoms with Gasteiger partial charge in [0, 0.05) is 29.6 Å². The Bertz CT molecular complexity index is 1460. The highest BCUT2D eigenvalue weighted by molar-refractivity contribution is 6.06. The van der Waals surface area contributed by atoms with Crippen LogP contribution in [0.25, 0.3) is 11.3 Å². The summed E-state index contributed by atoms with van der Waals surface area (Å²) in [5.74, 6) is 0.237. The first-order valence-electron chi connectivity index (χ1n) is 11.5. The van der Waals surface area contributed by atoms with Gasteiger partial charge in [0.05, 0.1) is 17.9 Å². The van der Waals surface area contributed by atoms with Crippen LogP contribution in [0.15, 0.2) is 88.9 Å². The van der Waals surface area contributed by atoms with Gasteiger partial charge in [0.2, 0.25) is 0 Å². The minimum atomic E-state index is -0.266. The van der Waals surface area contributed by atoms with E-state index >= 15 is 0 Å². The van der Waals surface area contributed by atoms with E-state index in [1.54, 1.807) is 37.4 Å². The summed E-state index contributed by atoms with van der Waals surface area (Å²) in [6.07, 6.45) is 4.43. The first-order chi connectivity index (χ1) is 16.9. The van der Waals surface area contributed by atoms with Crippen LogP contribution in [0.5, 0.6) is 0 Å². The molecule has 2 heterocycles. The molecule has 0 aliphatic rings. The molecule has 0 atom stereocenters. The van der Waals surface area contributed by atoms with Crippen molar-refractivity contribution in [2.45, 2.75) is 33.7 Å². The van der Waals surface area contributed by atoms with Gasteiger partial charge in [-0.25, -0.2) is 9.67 Å². The maximum atomic E-state index is 12.8. The van der Waals surface area contributed by atoms with E-state index in [2.05, 4.69) is 27.3 Å². The zero-order valence-electron chi connectivity index (χ0n) is 20.0. The number of hydrogen-bond donors (Lipinski definition) is 1. The lowest BCUT2D eigenvalue weighted by atomic mass is 10.1. The highest BCUT2D eigenvalue weighted by Crippen LogP contribution is 2.18. The molecule has 0 bridgehead atoms. The summed E-state index contributed by atoms with van der Waals surface area (Å²) in [6.45, 7) is 6.03. The van der Waals surface area contributed by atoms with Gasteiger partial charge in [0.25, 0.3) is 11.5 Å². The number of aryl methyl sites for hydroxylation is 2. The Kier molecular flexibility index (Phi) is 7.26. The van der Waals surface area contributed by atoms with Crippen LogP contribution < -0.4 is 10.9 Å². The van der Waals surface area contributed by atoms with Crippen LogP contribution in [-0.2, 0) is 13.0 Å². The first kappa shape index (κ1) is 23.8. The van der Waals surface area contributed by atoms with Crippen LogP contribution in [0, 0.1) is 6.92 Å². The van der Waals surface area contributed by atoms with E-state index in [1.807, 2.05) is 49.5 Å². The third-order valence-corrected chi connectivity index (χ3v) is 5.59. The second kappa shape index (κ2) is 10.7. The Labute approximate surface area is 204 Å². The summed E-state index contributed by atoms with van der Waals surface area (Å²) >= 11 is 0. The molecule has 1 amide bonds. The Morgan fingerprint density at radius 1 is 1.00 bits per heavy atom. The summed E-state index contributed by atoms with van der Waals surface area (Å²) in [5, 5.41) is 7.37. The standard InChI is InChI=1S/C28H27N5O2/c1-4-21-14-24(17-29-16-21)26-12-13-27(34)33(32-26)18-22-9-7-10-23(15-22)28(35)31-20(3)30-25-11-6-5-8-19(25)2/h5-17H,4,18H2,1-3H3,(H,30,31,35). The van der Waals surface area contributed by atoms with Gasteiger partial charge in [0.15, 0.2) is 0 Å². The van der Waals surface area contributed by atoms with Crippen LogP contribution in [0.4, 0.5) is 5.69 Å². The smallest absolute Gasteiger partial charge is 0.267 e. The highest BCUT2D eigenvalue weighted by atomic mass is 16.1. The largest absolute Gasteiger partial charge is 0.310 e. The third-order valence-electron chi connectivity index (χ3n) is 5.59. The van der Waals surface area contributed by atoms with Gasteiger partial charge in [0.1, 0.15) is 5.84 Å². The monoisotopic (exact) mass is 465 g/mol. The third kappa shape index (κ3) is 5.95. The summed E-state index contributed by atoms with van der Waals surface area (Å²) < 4.78 is 1.40. The predicted molar refractivity (Wildman–Crippen MR) is 138 cm³/mol. The molecule has 4 rings (SSSR count). The van der Waals surface area contributed by atoms with Crippen molar-refractivity contribution in [2.24, 2.45) is 4.99 Å². The van der Waals surface area contributed by atoms with Crippen LogP contribution in [0.1, 0.15) is 40.9 Å². The van der Waals surface area contributed by atoms with Crippen LogP contribution in [0.2, 0.25) is 0 Å². The molecule has 1 N–H and O–H groups in total. The van der Waals surface area contributed by atoms with Gasteiger partial charge in [-0.15, -0.1) is 0 Å². The zero-order valence-corrected chi connectivity index (χ0v) is 20.0. The number of carbonyl (C=O) groups excluding carboxylic acids is 1. The van der Waals surface area contributed by atoms with Gasteiger partial charge in [-0.3, -0.25) is 14.6 Å². The van der Waals surface area contributed by atoms with E-state index in [1.165, 1.54) is 10.7 Å². The lowest BCUT2D eigenvalue weighted by molar-refractivity contribution is 0.0976. The molecule has 7 nitrogen and oxygen atoms in total. The number of rotatable bonds is 6. The molecule has 2 aromatic carbocycles. The minimum absolute atomic E-state index is 0.218. The van der Waals surface area contributed by atoms with E-state index in [0.717, 1.165) is 34.4 Å². The quantitative estimate of drug-likeness (QED) is 0.330. The number of pyridine rings is 1. The number of aliphatic imine (C=N–C) groups is 1. The summed E-state index contributed by atoms with van der Waals surface area (Å²) in [5.41, 5.74) is 5.51. The number of hydrogen-bond acceptors (Lipinski definition) is 5. The number of amidine groups is 1. The molecule has 0 saturated carbocycles. The van der Waals surface area contributed by atoms with Crippen molar-refractivity contribution in [1.29, 1.82) is 0 Å². The molecular formula is C28H27N5O2. The van der Waals surface area contributed by atoms with E-state index in [9.17, 15) is 9.59 Å². The number of carbonyl (C=O) groups is 1. The highest BCUT2D eigenvalue weighted by Gasteiger charge is 2.10. The molecule has 35 heavy (non-hydrogen) atoms. The van der Waals surface area contributed by atoms with Crippen LogP contribution in [0.3, 0.4) is 0 Å². The fourth-order valence-corrected chi connectivity index (χ4v) is 3.65. The average Bonchev–Trinajstić information content (AvgIpc) is 2.87. The second-order valence-electron chi connectivity index (χ2n) is 8.29. The molecule has 7 heteroatoms. The van der Waals surface area contributed by atoms with Gasteiger partial charge in [-0.2, -0.15) is 5.10 Å². The molecule has 4 aromatic rings. The summed E-state index contributed by atoms with van der Waals surface area (Å²) in [4.78, 5) is 34.1. The Hall–Kier alpha value is -4.39. The molecule has 0 unspecified atom stereocenters. The molecule has 176 valence electrons. The topological polar surface area (TPSA) is 89.2 Å². The first-order valence-corrected chi connectivity index (χ1v) is 11.5. The van der Waals surface area contributed by atoms with Crippen molar-refractivity contribution < 1.29 is 4.79 Å². The molecule has 0 radical (unpaired) electrons. The van der Waals surface area contributed by atoms with Crippen molar-refractivity contribution in [2.75, 3.05) is 0 Å². The fraction of sp³-hybridized carbons (Fsp3) is 0.179. The number of para-hydroxylation sites is 1. The Morgan fingerprint density at radius 2 is 1.83 bits per heavy atom. The van der Waals surface area contributed by atoms with Gasteiger partial charge in [-0.1, -0.05) is 37.3 Å². The van der Waals surface area contributed by atoms with Crippen LogP contribution >= 0.6 is 0 Å². The fourth-order valence-electron chi connectivity index (χ4n) is 3.65. The predicted octanol–water partition coefficient (Wildman–Crippen LogP) is 4.70. The lowest BCUT2D eigenvalue weighted by Gasteiger charge is -2.10. The molecule has 0 fully saturated rings. The average molecular weight is 466 g/mol. The Morgan fingerprint density at radius 3 is 2.63 bits per heavy atom. The van der Waals surface area contributed by atoms with E-state index in [-0.39, 0.29) is 18.0 Å². The number of aromatic nitrogens is 3. The molecule has 0 spiro atoms. The van der Waals surface area contributed by atoms with Gasteiger partial charge in [-0.05, 0) is 67.3 Å². The summed E-state index contributed by atoms with van der Waals surface area (Å²) in [6, 6.07) is 20.1. The van der Waals surface area contributed by atoms with E-state index < -0.39 is 0 Å². The van der Waals surface area contributed by atoms with Gasteiger partial charge < -0.3 is 5.32 Å². The molecule has 0 aliphatic heterocycles. The summed E-state index contributed by atoms with van der Waals surface area (Å²) in [7, 11) is 0. The van der Waals surface area contributed by atoms with Crippen molar-refractivity contribution in [1.82, 2.24) is 20.1 Å². The number of nitrogens with one attached hydrogen (secondary N) is 1. The van der Waals surface area contributed by atoms with Crippen molar-refractivity contribution >= 4 is 17.4 Å². The second-order valence-corrected chi connectivity index (χ2v) is 8.29. The molecule has 0 saturated heterocycles. The van der Waals surface area contributed by atoms with Crippen molar-refractivity contribution in [3.63, 3.8) is 0 Å². The molecule has 2 aromatic heterocycles. The SMILES string of the molecule is CCc1cncc(-c2ccc(=O)n(Cc3cccc(C(=O)NC(C)=Nc4ccccc4C)c3)n2)c1. The Balaban J connectivity index is 1.53. The number of benzene rings is 2. The lowest BCUT2D eigenvalue weighted by Crippen LogP contribution is -2.28. The maximum Gasteiger partial charge on any atom is 0.267 e. The van der Waals surface area contributed by atoms with Crippen molar-refractivity contribution in [3.8, 4) is 11.3 Å². The maximum absolute atomic E-state index is 12.8. The zero-order chi connectivity index (χ0) is 24.8. The molecule has 0 aliphatic carbocycles. The number of nitrogens with zero attached hydrogens (tertiary/aromatic N) is 4. The molecular weight excluding hydrogens is 438 g/mol. The van der Waals surface area contributed by atoms with E-state index in [4.69, 9.17) is 0 Å². The van der Waals surface area contributed by atoms with Gasteiger partial charge >= 0.3 is 0 Å². The van der Waals surface area contributed by atoms with Crippen LogP contribution in [-0.4, -0.2) is 26.5 Å².